The maximum atomic E-state index is 11.6. The third-order valence-electron chi connectivity index (χ3n) is 3.20. The molecule has 0 radical (unpaired) electrons. The Hall–Kier alpha value is -1.08. The summed E-state index contributed by atoms with van der Waals surface area (Å²) >= 11 is 0. The molecule has 2 atom stereocenters. The van der Waals surface area contributed by atoms with Gasteiger partial charge in [-0.3, -0.25) is 4.79 Å². The second-order valence-corrected chi connectivity index (χ2v) is 4.96. The number of ether oxygens (including phenoxy) is 1. The van der Waals surface area contributed by atoms with Crippen molar-refractivity contribution in [1.82, 2.24) is 5.32 Å². The van der Waals surface area contributed by atoms with Gasteiger partial charge in [0.1, 0.15) is 0 Å². The summed E-state index contributed by atoms with van der Waals surface area (Å²) in [5.74, 6) is 0.316. The number of nitriles is 1. The second-order valence-electron chi connectivity index (χ2n) is 4.96. The predicted molar refractivity (Wildman–Crippen MR) is 65.2 cm³/mol. The molecule has 0 spiro atoms. The molecule has 2 unspecified atom stereocenters. The van der Waals surface area contributed by atoms with E-state index in [1.807, 2.05) is 13.8 Å². The number of hydrogen-bond donors (Lipinski definition) is 1. The first-order chi connectivity index (χ1) is 8.13. The van der Waals surface area contributed by atoms with Crippen LogP contribution >= 0.6 is 0 Å². The first kappa shape index (κ1) is 14.0. The molecule has 1 rings (SSSR count). The maximum Gasteiger partial charge on any atom is 0.220 e. The molecule has 0 bridgehead atoms. The molecule has 1 saturated heterocycles. The molecule has 0 aromatic carbocycles. The molecule has 0 saturated carbocycles. The molecule has 0 aromatic rings. The normalized spacial score (nSPS) is 21.2. The summed E-state index contributed by atoms with van der Waals surface area (Å²) in [6.07, 6.45) is 3.39. The minimum Gasteiger partial charge on any atom is -0.376 e. The van der Waals surface area contributed by atoms with Gasteiger partial charge in [-0.2, -0.15) is 5.26 Å². The van der Waals surface area contributed by atoms with Gasteiger partial charge in [-0.1, -0.05) is 13.8 Å². The van der Waals surface area contributed by atoms with Crippen molar-refractivity contribution >= 4 is 5.91 Å². The van der Waals surface area contributed by atoms with Crippen molar-refractivity contribution in [3.05, 3.63) is 0 Å². The van der Waals surface area contributed by atoms with Crippen LogP contribution in [-0.4, -0.2) is 25.2 Å². The number of nitrogens with zero attached hydrogens (tertiary/aromatic N) is 1. The van der Waals surface area contributed by atoms with Crippen LogP contribution in [0.15, 0.2) is 0 Å². The molecular weight excluding hydrogens is 216 g/mol. The first-order valence-corrected chi connectivity index (χ1v) is 6.41. The molecule has 4 heteroatoms. The number of hydrogen-bond acceptors (Lipinski definition) is 3. The summed E-state index contributed by atoms with van der Waals surface area (Å²) < 4.78 is 5.42. The molecule has 1 N–H and O–H groups in total. The average Bonchev–Trinajstić information content (AvgIpc) is 2.79. The maximum absolute atomic E-state index is 11.6. The zero-order valence-electron chi connectivity index (χ0n) is 10.7. The highest BCUT2D eigenvalue weighted by Crippen LogP contribution is 2.16. The van der Waals surface area contributed by atoms with Crippen LogP contribution in [0.5, 0.6) is 0 Å². The van der Waals surface area contributed by atoms with Gasteiger partial charge in [0.2, 0.25) is 5.91 Å². The SMILES string of the molecule is CC(C)C(C#N)CCC(=O)NCC1CCCO1. The highest BCUT2D eigenvalue weighted by Gasteiger charge is 2.17. The molecule has 1 amide bonds. The molecule has 1 aliphatic rings. The third kappa shape index (κ3) is 5.18. The monoisotopic (exact) mass is 238 g/mol. The number of carbonyl (C=O) groups excluding carboxylic acids is 1. The van der Waals surface area contributed by atoms with Gasteiger partial charge in [0, 0.05) is 25.5 Å². The zero-order valence-corrected chi connectivity index (χ0v) is 10.7. The molecule has 96 valence electrons. The fourth-order valence-corrected chi connectivity index (χ4v) is 1.95. The average molecular weight is 238 g/mol. The van der Waals surface area contributed by atoms with Crippen molar-refractivity contribution in [1.29, 1.82) is 5.26 Å². The Balaban J connectivity index is 2.14. The lowest BCUT2D eigenvalue weighted by molar-refractivity contribution is -0.121. The largest absolute Gasteiger partial charge is 0.376 e. The minimum absolute atomic E-state index is 0.0246. The van der Waals surface area contributed by atoms with Crippen LogP contribution in [0.2, 0.25) is 0 Å². The number of carbonyl (C=O) groups is 1. The van der Waals surface area contributed by atoms with Crippen molar-refractivity contribution in [3.8, 4) is 6.07 Å². The summed E-state index contributed by atoms with van der Waals surface area (Å²) in [7, 11) is 0. The third-order valence-corrected chi connectivity index (χ3v) is 3.20. The summed E-state index contributed by atoms with van der Waals surface area (Å²) in [5.41, 5.74) is 0. The summed E-state index contributed by atoms with van der Waals surface area (Å²) in [4.78, 5) is 11.6. The van der Waals surface area contributed by atoms with Gasteiger partial charge >= 0.3 is 0 Å². The standard InChI is InChI=1S/C13H22N2O2/c1-10(2)11(8-14)5-6-13(16)15-9-12-4-3-7-17-12/h10-12H,3-7,9H2,1-2H3,(H,15,16). The topological polar surface area (TPSA) is 62.1 Å². The quantitative estimate of drug-likeness (QED) is 0.768. The van der Waals surface area contributed by atoms with Crippen molar-refractivity contribution < 1.29 is 9.53 Å². The van der Waals surface area contributed by atoms with Gasteiger partial charge in [-0.25, -0.2) is 0 Å². The van der Waals surface area contributed by atoms with Crippen molar-refractivity contribution in [2.24, 2.45) is 11.8 Å². The Bertz CT molecular complexity index is 278. The Morgan fingerprint density at radius 2 is 2.35 bits per heavy atom. The smallest absolute Gasteiger partial charge is 0.220 e. The van der Waals surface area contributed by atoms with Crippen LogP contribution in [0.3, 0.4) is 0 Å². The molecule has 0 aliphatic carbocycles. The van der Waals surface area contributed by atoms with E-state index in [9.17, 15) is 4.79 Å². The van der Waals surface area contributed by atoms with Gasteiger partial charge in [-0.05, 0) is 25.2 Å². The van der Waals surface area contributed by atoms with E-state index < -0.39 is 0 Å². The van der Waals surface area contributed by atoms with E-state index >= 15 is 0 Å². The predicted octanol–water partition coefficient (Wildman–Crippen LogP) is 1.86. The summed E-state index contributed by atoms with van der Waals surface area (Å²) in [6, 6.07) is 2.25. The Morgan fingerprint density at radius 1 is 1.59 bits per heavy atom. The lowest BCUT2D eigenvalue weighted by Gasteiger charge is -2.13. The van der Waals surface area contributed by atoms with Gasteiger partial charge in [0.05, 0.1) is 12.2 Å². The molecule has 1 fully saturated rings. The van der Waals surface area contributed by atoms with Crippen molar-refractivity contribution in [2.45, 2.75) is 45.6 Å². The van der Waals surface area contributed by atoms with Crippen LogP contribution in [0.25, 0.3) is 0 Å². The minimum atomic E-state index is -0.0246. The van der Waals surface area contributed by atoms with Crippen LogP contribution in [0.4, 0.5) is 0 Å². The Kier molecular flexibility index (Phi) is 5.99. The Morgan fingerprint density at radius 3 is 2.88 bits per heavy atom. The van der Waals surface area contributed by atoms with Gasteiger partial charge in [0.25, 0.3) is 0 Å². The van der Waals surface area contributed by atoms with Crippen molar-refractivity contribution in [3.63, 3.8) is 0 Å². The van der Waals surface area contributed by atoms with E-state index in [0.717, 1.165) is 19.4 Å². The van der Waals surface area contributed by atoms with Gasteiger partial charge < -0.3 is 10.1 Å². The fraction of sp³-hybridized carbons (Fsp3) is 0.846. The van der Waals surface area contributed by atoms with E-state index in [2.05, 4.69) is 11.4 Å². The zero-order chi connectivity index (χ0) is 12.7. The van der Waals surface area contributed by atoms with Crippen LogP contribution in [-0.2, 0) is 9.53 Å². The van der Waals surface area contributed by atoms with E-state index in [4.69, 9.17) is 10.00 Å². The lowest BCUT2D eigenvalue weighted by atomic mass is 9.92. The molecule has 4 nitrogen and oxygen atoms in total. The van der Waals surface area contributed by atoms with E-state index in [-0.39, 0.29) is 17.9 Å². The van der Waals surface area contributed by atoms with Crippen LogP contribution < -0.4 is 5.32 Å². The molecule has 1 heterocycles. The molecule has 1 aliphatic heterocycles. The van der Waals surface area contributed by atoms with E-state index in [1.165, 1.54) is 0 Å². The van der Waals surface area contributed by atoms with Crippen LogP contribution in [0, 0.1) is 23.2 Å². The fourth-order valence-electron chi connectivity index (χ4n) is 1.95. The highest BCUT2D eigenvalue weighted by atomic mass is 16.5. The number of rotatable bonds is 6. The van der Waals surface area contributed by atoms with Crippen molar-refractivity contribution in [2.75, 3.05) is 13.2 Å². The van der Waals surface area contributed by atoms with E-state index in [0.29, 0.717) is 25.3 Å². The Labute approximate surface area is 103 Å². The first-order valence-electron chi connectivity index (χ1n) is 6.41. The van der Waals surface area contributed by atoms with Crippen LogP contribution in [0.1, 0.15) is 39.5 Å². The molecular formula is C13H22N2O2. The van der Waals surface area contributed by atoms with E-state index in [1.54, 1.807) is 0 Å². The molecule has 0 aromatic heterocycles. The number of nitrogens with one attached hydrogen (secondary N) is 1. The number of amides is 1. The lowest BCUT2D eigenvalue weighted by Crippen LogP contribution is -2.32. The summed E-state index contributed by atoms with van der Waals surface area (Å²) in [5, 5.41) is 11.8. The highest BCUT2D eigenvalue weighted by molar-refractivity contribution is 5.75. The van der Waals surface area contributed by atoms with Gasteiger partial charge in [0.15, 0.2) is 0 Å². The van der Waals surface area contributed by atoms with Gasteiger partial charge in [-0.15, -0.1) is 0 Å². The summed E-state index contributed by atoms with van der Waals surface area (Å²) in [6.45, 7) is 5.44. The second kappa shape index (κ2) is 7.29. The molecule has 17 heavy (non-hydrogen) atoms.